The lowest BCUT2D eigenvalue weighted by Crippen LogP contribution is -2.37. The van der Waals surface area contributed by atoms with Crippen LogP contribution in [0.1, 0.15) is 19.3 Å². The number of carbonyl (C=O) groups is 2. The average Bonchev–Trinajstić information content (AvgIpc) is 2.85. The molecule has 0 aromatic heterocycles. The Hall–Kier alpha value is -0.940. The van der Waals surface area contributed by atoms with Crippen molar-refractivity contribution < 1.29 is 9.59 Å². The van der Waals surface area contributed by atoms with Gasteiger partial charge in [-0.1, -0.05) is 0 Å². The van der Waals surface area contributed by atoms with Crippen LogP contribution in [-0.2, 0) is 9.59 Å². The minimum Gasteiger partial charge on any atom is -0.330 e. The SMILES string of the molecule is NCC1CCN(CCN2C(=O)CCC2=O)C1. The summed E-state index contributed by atoms with van der Waals surface area (Å²) in [5, 5.41) is 0. The Morgan fingerprint density at radius 1 is 1.19 bits per heavy atom. The lowest BCUT2D eigenvalue weighted by Gasteiger charge is -2.20. The standard InChI is InChI=1S/C11H19N3O2/c12-7-9-3-4-13(8-9)5-6-14-10(15)1-2-11(14)16/h9H,1-8,12H2. The third-order valence-corrected chi connectivity index (χ3v) is 3.50. The molecule has 0 spiro atoms. The van der Waals surface area contributed by atoms with Crippen LogP contribution < -0.4 is 5.73 Å². The number of hydrogen-bond donors (Lipinski definition) is 1. The van der Waals surface area contributed by atoms with Gasteiger partial charge in [-0.05, 0) is 25.4 Å². The first-order valence-electron chi connectivity index (χ1n) is 5.96. The van der Waals surface area contributed by atoms with Crippen molar-refractivity contribution in [3.63, 3.8) is 0 Å². The third kappa shape index (κ3) is 2.41. The van der Waals surface area contributed by atoms with Crippen molar-refractivity contribution in [1.29, 1.82) is 0 Å². The predicted octanol–water partition coefficient (Wildman–Crippen LogP) is -0.584. The third-order valence-electron chi connectivity index (χ3n) is 3.50. The molecule has 2 aliphatic rings. The molecule has 2 heterocycles. The first-order valence-corrected chi connectivity index (χ1v) is 5.96. The molecule has 2 saturated heterocycles. The first-order chi connectivity index (χ1) is 7.70. The molecule has 0 saturated carbocycles. The highest BCUT2D eigenvalue weighted by atomic mass is 16.2. The summed E-state index contributed by atoms with van der Waals surface area (Å²) in [5.41, 5.74) is 5.61. The Balaban J connectivity index is 1.75. The molecule has 0 aliphatic carbocycles. The molecule has 2 amide bonds. The average molecular weight is 225 g/mol. The molecule has 0 aromatic rings. The van der Waals surface area contributed by atoms with Gasteiger partial charge in [-0.25, -0.2) is 0 Å². The Bertz CT molecular complexity index is 277. The van der Waals surface area contributed by atoms with Crippen LogP contribution in [0.4, 0.5) is 0 Å². The van der Waals surface area contributed by atoms with Gasteiger partial charge in [0.25, 0.3) is 0 Å². The molecule has 2 N–H and O–H groups in total. The van der Waals surface area contributed by atoms with Crippen LogP contribution >= 0.6 is 0 Å². The minimum absolute atomic E-state index is 0.0143. The Morgan fingerprint density at radius 3 is 2.44 bits per heavy atom. The van der Waals surface area contributed by atoms with Crippen LogP contribution in [-0.4, -0.2) is 54.3 Å². The van der Waals surface area contributed by atoms with Crippen LogP contribution in [0.15, 0.2) is 0 Å². The van der Waals surface area contributed by atoms with Crippen molar-refractivity contribution in [2.24, 2.45) is 11.7 Å². The van der Waals surface area contributed by atoms with E-state index in [2.05, 4.69) is 4.90 Å². The van der Waals surface area contributed by atoms with E-state index in [-0.39, 0.29) is 11.8 Å². The zero-order valence-electron chi connectivity index (χ0n) is 9.52. The molecule has 0 bridgehead atoms. The quantitative estimate of drug-likeness (QED) is 0.650. The second kappa shape index (κ2) is 4.93. The van der Waals surface area contributed by atoms with Crippen molar-refractivity contribution in [3.05, 3.63) is 0 Å². The van der Waals surface area contributed by atoms with E-state index in [0.29, 0.717) is 25.3 Å². The van der Waals surface area contributed by atoms with E-state index < -0.39 is 0 Å². The van der Waals surface area contributed by atoms with Gasteiger partial charge >= 0.3 is 0 Å². The summed E-state index contributed by atoms with van der Waals surface area (Å²) >= 11 is 0. The maximum Gasteiger partial charge on any atom is 0.229 e. The van der Waals surface area contributed by atoms with Gasteiger partial charge in [0.15, 0.2) is 0 Å². The predicted molar refractivity (Wildman–Crippen MR) is 59.6 cm³/mol. The summed E-state index contributed by atoms with van der Waals surface area (Å²) in [6, 6.07) is 0. The Kier molecular flexibility index (Phi) is 3.56. The van der Waals surface area contributed by atoms with Gasteiger partial charge in [0.2, 0.25) is 11.8 Å². The highest BCUT2D eigenvalue weighted by molar-refractivity contribution is 6.01. The second-order valence-electron chi connectivity index (χ2n) is 4.63. The summed E-state index contributed by atoms with van der Waals surface area (Å²) in [5.74, 6) is 0.559. The maximum atomic E-state index is 11.4. The molecule has 5 heteroatoms. The largest absolute Gasteiger partial charge is 0.330 e. The fourth-order valence-corrected chi connectivity index (χ4v) is 2.42. The molecular formula is C11H19N3O2. The zero-order chi connectivity index (χ0) is 11.5. The molecule has 2 rings (SSSR count). The number of amides is 2. The van der Waals surface area contributed by atoms with Crippen LogP contribution in [0, 0.1) is 5.92 Å². The molecule has 5 nitrogen and oxygen atoms in total. The van der Waals surface area contributed by atoms with E-state index in [1.54, 1.807) is 0 Å². The topological polar surface area (TPSA) is 66.6 Å². The number of imide groups is 1. The fraction of sp³-hybridized carbons (Fsp3) is 0.818. The van der Waals surface area contributed by atoms with E-state index in [1.807, 2.05) is 0 Å². The van der Waals surface area contributed by atoms with Gasteiger partial charge in [-0.2, -0.15) is 0 Å². The smallest absolute Gasteiger partial charge is 0.229 e. The van der Waals surface area contributed by atoms with Crippen molar-refractivity contribution in [1.82, 2.24) is 9.80 Å². The van der Waals surface area contributed by atoms with Gasteiger partial charge in [-0.3, -0.25) is 14.5 Å². The number of nitrogens with two attached hydrogens (primary N) is 1. The Morgan fingerprint density at radius 2 is 1.88 bits per heavy atom. The molecule has 1 atom stereocenters. The van der Waals surface area contributed by atoms with E-state index in [1.165, 1.54) is 4.90 Å². The summed E-state index contributed by atoms with van der Waals surface area (Å²) in [4.78, 5) is 26.4. The fourth-order valence-electron chi connectivity index (χ4n) is 2.42. The van der Waals surface area contributed by atoms with E-state index >= 15 is 0 Å². The van der Waals surface area contributed by atoms with Crippen LogP contribution in [0.5, 0.6) is 0 Å². The molecule has 0 radical (unpaired) electrons. The first kappa shape index (κ1) is 11.5. The van der Waals surface area contributed by atoms with Crippen molar-refractivity contribution >= 4 is 11.8 Å². The molecule has 0 aromatic carbocycles. The lowest BCUT2D eigenvalue weighted by atomic mass is 10.1. The molecule has 16 heavy (non-hydrogen) atoms. The highest BCUT2D eigenvalue weighted by Gasteiger charge is 2.29. The number of carbonyl (C=O) groups excluding carboxylic acids is 2. The van der Waals surface area contributed by atoms with Gasteiger partial charge in [-0.15, -0.1) is 0 Å². The number of hydrogen-bond acceptors (Lipinski definition) is 4. The molecule has 2 aliphatic heterocycles. The van der Waals surface area contributed by atoms with Crippen LogP contribution in [0.2, 0.25) is 0 Å². The zero-order valence-corrected chi connectivity index (χ0v) is 9.52. The summed E-state index contributed by atoms with van der Waals surface area (Å²) < 4.78 is 0. The van der Waals surface area contributed by atoms with E-state index in [4.69, 9.17) is 5.73 Å². The second-order valence-corrected chi connectivity index (χ2v) is 4.63. The summed E-state index contributed by atoms with van der Waals surface area (Å²) in [6.07, 6.45) is 1.92. The van der Waals surface area contributed by atoms with Crippen molar-refractivity contribution in [2.45, 2.75) is 19.3 Å². The molecular weight excluding hydrogens is 206 g/mol. The number of likely N-dealkylation sites (tertiary alicyclic amines) is 2. The van der Waals surface area contributed by atoms with Crippen LogP contribution in [0.3, 0.4) is 0 Å². The van der Waals surface area contributed by atoms with Gasteiger partial charge < -0.3 is 10.6 Å². The summed E-state index contributed by atoms with van der Waals surface area (Å²) in [7, 11) is 0. The van der Waals surface area contributed by atoms with Crippen molar-refractivity contribution in [3.8, 4) is 0 Å². The van der Waals surface area contributed by atoms with Gasteiger partial charge in [0.05, 0.1) is 0 Å². The lowest BCUT2D eigenvalue weighted by molar-refractivity contribution is -0.138. The Labute approximate surface area is 95.6 Å². The van der Waals surface area contributed by atoms with E-state index in [9.17, 15) is 9.59 Å². The number of nitrogens with zero attached hydrogens (tertiary/aromatic N) is 2. The maximum absolute atomic E-state index is 11.4. The molecule has 2 fully saturated rings. The number of rotatable bonds is 4. The van der Waals surface area contributed by atoms with Crippen LogP contribution in [0.25, 0.3) is 0 Å². The van der Waals surface area contributed by atoms with E-state index in [0.717, 1.165) is 32.6 Å². The molecule has 1 unspecified atom stereocenters. The monoisotopic (exact) mass is 225 g/mol. The van der Waals surface area contributed by atoms with Crippen molar-refractivity contribution in [2.75, 3.05) is 32.7 Å². The molecule has 90 valence electrons. The minimum atomic E-state index is -0.0143. The van der Waals surface area contributed by atoms with Gasteiger partial charge in [0.1, 0.15) is 0 Å². The van der Waals surface area contributed by atoms with Gasteiger partial charge in [0, 0.05) is 32.5 Å². The normalized spacial score (nSPS) is 27.1. The highest BCUT2D eigenvalue weighted by Crippen LogP contribution is 2.16. The summed E-state index contributed by atoms with van der Waals surface area (Å²) in [6.45, 7) is 4.13.